The summed E-state index contributed by atoms with van der Waals surface area (Å²) in [5.74, 6) is -1.36. The van der Waals surface area contributed by atoms with E-state index in [1.807, 2.05) is 19.9 Å². The SMILES string of the molecule is CCCCC(NC(=O)c1cccc(C)c1Br)C(=O)O. The zero-order valence-electron chi connectivity index (χ0n) is 11.1. The van der Waals surface area contributed by atoms with Crippen molar-refractivity contribution >= 4 is 27.8 Å². The third-order valence-corrected chi connectivity index (χ3v) is 3.94. The molecule has 0 aliphatic rings. The van der Waals surface area contributed by atoms with Crippen molar-refractivity contribution in [2.24, 2.45) is 0 Å². The number of aryl methyl sites for hydroxylation is 1. The first kappa shape index (κ1) is 15.7. The smallest absolute Gasteiger partial charge is 0.326 e. The minimum Gasteiger partial charge on any atom is -0.480 e. The van der Waals surface area contributed by atoms with E-state index in [1.165, 1.54) is 0 Å². The number of hydrogen-bond donors (Lipinski definition) is 2. The number of rotatable bonds is 6. The number of hydrogen-bond acceptors (Lipinski definition) is 2. The number of unbranched alkanes of at least 4 members (excludes halogenated alkanes) is 1. The van der Waals surface area contributed by atoms with Crippen molar-refractivity contribution in [2.45, 2.75) is 39.2 Å². The maximum atomic E-state index is 12.1. The van der Waals surface area contributed by atoms with E-state index in [1.54, 1.807) is 12.1 Å². The Morgan fingerprint density at radius 2 is 2.11 bits per heavy atom. The lowest BCUT2D eigenvalue weighted by molar-refractivity contribution is -0.139. The number of nitrogens with one attached hydrogen (secondary N) is 1. The summed E-state index contributed by atoms with van der Waals surface area (Å²) < 4.78 is 0.701. The molecule has 4 nitrogen and oxygen atoms in total. The van der Waals surface area contributed by atoms with Gasteiger partial charge in [0, 0.05) is 4.47 Å². The van der Waals surface area contributed by atoms with Crippen LogP contribution >= 0.6 is 15.9 Å². The fourth-order valence-corrected chi connectivity index (χ4v) is 2.17. The third kappa shape index (κ3) is 4.35. The molecule has 0 bridgehead atoms. The van der Waals surface area contributed by atoms with E-state index in [4.69, 9.17) is 5.11 Å². The van der Waals surface area contributed by atoms with Gasteiger partial charge in [0.2, 0.25) is 0 Å². The summed E-state index contributed by atoms with van der Waals surface area (Å²) in [4.78, 5) is 23.2. The van der Waals surface area contributed by atoms with Gasteiger partial charge in [-0.05, 0) is 40.9 Å². The Morgan fingerprint density at radius 1 is 1.42 bits per heavy atom. The number of carboxylic acids is 1. The molecule has 0 spiro atoms. The second-order valence-corrected chi connectivity index (χ2v) is 5.24. The van der Waals surface area contributed by atoms with Crippen LogP contribution in [-0.4, -0.2) is 23.0 Å². The Bertz CT molecular complexity index is 474. The van der Waals surface area contributed by atoms with Gasteiger partial charge in [-0.25, -0.2) is 4.79 Å². The van der Waals surface area contributed by atoms with Crippen molar-refractivity contribution < 1.29 is 14.7 Å². The lowest BCUT2D eigenvalue weighted by atomic mass is 10.1. The van der Waals surface area contributed by atoms with Gasteiger partial charge in [-0.3, -0.25) is 4.79 Å². The first-order valence-corrected chi connectivity index (χ1v) is 7.05. The average Bonchev–Trinajstić information content (AvgIpc) is 2.37. The number of aliphatic carboxylic acids is 1. The average molecular weight is 328 g/mol. The second kappa shape index (κ2) is 7.28. The summed E-state index contributed by atoms with van der Waals surface area (Å²) in [6.45, 7) is 3.87. The van der Waals surface area contributed by atoms with E-state index < -0.39 is 12.0 Å². The zero-order chi connectivity index (χ0) is 14.4. The number of carboxylic acid groups (broad SMARTS) is 1. The molecule has 1 rings (SSSR count). The normalized spacial score (nSPS) is 11.9. The fourth-order valence-electron chi connectivity index (χ4n) is 1.72. The molecule has 5 heteroatoms. The summed E-state index contributed by atoms with van der Waals surface area (Å²) in [6, 6.07) is 4.49. The van der Waals surface area contributed by atoms with E-state index >= 15 is 0 Å². The first-order chi connectivity index (χ1) is 8.97. The highest BCUT2D eigenvalue weighted by Crippen LogP contribution is 2.21. The Hall–Kier alpha value is -1.36. The maximum absolute atomic E-state index is 12.1. The molecule has 0 aliphatic carbocycles. The van der Waals surface area contributed by atoms with Gasteiger partial charge >= 0.3 is 5.97 Å². The highest BCUT2D eigenvalue weighted by molar-refractivity contribution is 9.10. The van der Waals surface area contributed by atoms with Crippen LogP contribution in [-0.2, 0) is 4.79 Å². The Morgan fingerprint density at radius 3 is 2.68 bits per heavy atom. The summed E-state index contributed by atoms with van der Waals surface area (Å²) in [7, 11) is 0. The van der Waals surface area contributed by atoms with E-state index in [0.29, 0.717) is 16.5 Å². The molecule has 0 fully saturated rings. The highest BCUT2D eigenvalue weighted by atomic mass is 79.9. The largest absolute Gasteiger partial charge is 0.480 e. The van der Waals surface area contributed by atoms with Crippen LogP contribution in [0.1, 0.15) is 42.1 Å². The van der Waals surface area contributed by atoms with Crippen LogP contribution in [0.5, 0.6) is 0 Å². The molecule has 0 heterocycles. The van der Waals surface area contributed by atoms with E-state index in [-0.39, 0.29) is 5.91 Å². The third-order valence-electron chi connectivity index (χ3n) is 2.89. The molecule has 0 radical (unpaired) electrons. The van der Waals surface area contributed by atoms with Gasteiger partial charge in [0.15, 0.2) is 0 Å². The number of halogens is 1. The van der Waals surface area contributed by atoms with Crippen molar-refractivity contribution in [3.8, 4) is 0 Å². The van der Waals surface area contributed by atoms with Crippen molar-refractivity contribution in [3.05, 3.63) is 33.8 Å². The molecular weight excluding hydrogens is 310 g/mol. The van der Waals surface area contributed by atoms with Crippen LogP contribution < -0.4 is 5.32 Å². The van der Waals surface area contributed by atoms with Gasteiger partial charge in [0.25, 0.3) is 5.91 Å². The molecule has 2 N–H and O–H groups in total. The molecule has 1 aromatic carbocycles. The predicted octanol–water partition coefficient (Wildman–Crippen LogP) is 3.13. The summed E-state index contributed by atoms with van der Waals surface area (Å²) in [5, 5.41) is 11.7. The van der Waals surface area contributed by atoms with Crippen molar-refractivity contribution in [2.75, 3.05) is 0 Å². The maximum Gasteiger partial charge on any atom is 0.326 e. The number of carbonyl (C=O) groups is 2. The summed E-state index contributed by atoms with van der Waals surface area (Å²) >= 11 is 3.35. The van der Waals surface area contributed by atoms with Crippen molar-refractivity contribution in [1.82, 2.24) is 5.32 Å². The minimum absolute atomic E-state index is 0.362. The molecule has 104 valence electrons. The van der Waals surface area contributed by atoms with Gasteiger partial charge in [-0.2, -0.15) is 0 Å². The fraction of sp³-hybridized carbons (Fsp3) is 0.429. The van der Waals surface area contributed by atoms with Gasteiger partial charge in [-0.15, -0.1) is 0 Å². The van der Waals surface area contributed by atoms with Crippen molar-refractivity contribution in [3.63, 3.8) is 0 Å². The molecule has 0 aromatic heterocycles. The van der Waals surface area contributed by atoms with Gasteiger partial charge in [0.05, 0.1) is 5.56 Å². The van der Waals surface area contributed by atoms with Crippen molar-refractivity contribution in [1.29, 1.82) is 0 Å². The van der Waals surface area contributed by atoms with E-state index in [0.717, 1.165) is 18.4 Å². The van der Waals surface area contributed by atoms with Crippen LogP contribution in [0.25, 0.3) is 0 Å². The number of benzene rings is 1. The molecule has 1 aromatic rings. The van der Waals surface area contributed by atoms with Gasteiger partial charge in [0.1, 0.15) is 6.04 Å². The zero-order valence-corrected chi connectivity index (χ0v) is 12.7. The topological polar surface area (TPSA) is 66.4 Å². The van der Waals surface area contributed by atoms with Crippen LogP contribution in [0.4, 0.5) is 0 Å². The lowest BCUT2D eigenvalue weighted by Gasteiger charge is -2.15. The highest BCUT2D eigenvalue weighted by Gasteiger charge is 2.21. The standard InChI is InChI=1S/C14H18BrNO3/c1-3-4-8-11(14(18)19)16-13(17)10-7-5-6-9(2)12(10)15/h5-7,11H,3-4,8H2,1-2H3,(H,16,17)(H,18,19). The lowest BCUT2D eigenvalue weighted by Crippen LogP contribution is -2.40. The van der Waals surface area contributed by atoms with Crippen LogP contribution in [0.15, 0.2) is 22.7 Å². The molecule has 1 unspecified atom stereocenters. The Labute approximate surface area is 121 Å². The molecule has 0 aliphatic heterocycles. The predicted molar refractivity (Wildman–Crippen MR) is 77.3 cm³/mol. The van der Waals surface area contributed by atoms with E-state index in [9.17, 15) is 9.59 Å². The Balaban J connectivity index is 2.82. The molecule has 1 amide bonds. The van der Waals surface area contributed by atoms with Crippen LogP contribution in [0, 0.1) is 6.92 Å². The summed E-state index contributed by atoms with van der Waals surface area (Å²) in [5.41, 5.74) is 1.40. The van der Waals surface area contributed by atoms with Gasteiger partial charge < -0.3 is 10.4 Å². The number of amides is 1. The minimum atomic E-state index is -0.995. The Kier molecular flexibility index (Phi) is 6.02. The molecule has 0 saturated heterocycles. The molecular formula is C14H18BrNO3. The monoisotopic (exact) mass is 327 g/mol. The van der Waals surface area contributed by atoms with Gasteiger partial charge in [-0.1, -0.05) is 31.9 Å². The molecule has 0 saturated carbocycles. The second-order valence-electron chi connectivity index (χ2n) is 4.44. The summed E-state index contributed by atoms with van der Waals surface area (Å²) in [6.07, 6.45) is 2.11. The first-order valence-electron chi connectivity index (χ1n) is 6.26. The van der Waals surface area contributed by atoms with Crippen LogP contribution in [0.3, 0.4) is 0 Å². The quantitative estimate of drug-likeness (QED) is 0.843. The number of carbonyl (C=O) groups excluding carboxylic acids is 1. The molecule has 1 atom stereocenters. The van der Waals surface area contributed by atoms with E-state index in [2.05, 4.69) is 21.2 Å². The van der Waals surface area contributed by atoms with Crippen LogP contribution in [0.2, 0.25) is 0 Å². The molecule has 19 heavy (non-hydrogen) atoms.